The van der Waals surface area contributed by atoms with Crippen molar-refractivity contribution in [3.8, 4) is 5.75 Å². The van der Waals surface area contributed by atoms with E-state index < -0.39 is 22.5 Å². The number of nitro groups is 1. The number of nitrogens with one attached hydrogen (secondary N) is 2. The molecule has 30 heavy (non-hydrogen) atoms. The van der Waals surface area contributed by atoms with Crippen LogP contribution in [0.1, 0.15) is 44.0 Å². The fourth-order valence-corrected chi connectivity index (χ4v) is 2.36. The molecule has 1 aromatic rings. The van der Waals surface area contributed by atoms with Gasteiger partial charge < -0.3 is 30.6 Å². The monoisotopic (exact) mass is 426 g/mol. The van der Waals surface area contributed by atoms with Crippen LogP contribution in [0.25, 0.3) is 0 Å². The van der Waals surface area contributed by atoms with Crippen molar-refractivity contribution in [3.05, 3.63) is 27.8 Å². The lowest BCUT2D eigenvalue weighted by Gasteiger charge is -2.20. The van der Waals surface area contributed by atoms with Gasteiger partial charge in [0.15, 0.2) is 5.69 Å². The predicted molar refractivity (Wildman–Crippen MR) is 111 cm³/mol. The van der Waals surface area contributed by atoms with E-state index in [0.29, 0.717) is 19.4 Å². The van der Waals surface area contributed by atoms with E-state index in [2.05, 4.69) is 10.6 Å². The Balaban J connectivity index is 2.82. The van der Waals surface area contributed by atoms with Crippen molar-refractivity contribution in [3.63, 3.8) is 0 Å². The number of primary amides is 1. The van der Waals surface area contributed by atoms with Crippen molar-refractivity contribution in [2.75, 3.05) is 38.8 Å². The van der Waals surface area contributed by atoms with E-state index >= 15 is 0 Å². The number of methoxy groups -OCH3 is 1. The predicted octanol–water partition coefficient (Wildman–Crippen LogP) is 2.44. The molecule has 168 valence electrons. The molecule has 0 aliphatic rings. The van der Waals surface area contributed by atoms with E-state index in [-0.39, 0.29) is 42.4 Å². The summed E-state index contributed by atoms with van der Waals surface area (Å²) in [5.74, 6) is -0.662. The van der Waals surface area contributed by atoms with Crippen molar-refractivity contribution < 1.29 is 28.7 Å². The number of carbonyl (C=O) groups excluding carboxylic acids is 2. The number of alkyl carbamates (subject to hydrolysis) is 1. The summed E-state index contributed by atoms with van der Waals surface area (Å²) in [6, 6.07) is 2.46. The number of nitrogens with zero attached hydrogens (tertiary/aromatic N) is 1. The molecule has 0 spiro atoms. The zero-order valence-electron chi connectivity index (χ0n) is 17.8. The molecule has 1 rings (SSSR count). The zero-order chi connectivity index (χ0) is 22.7. The largest absolute Gasteiger partial charge is 0.491 e. The number of rotatable bonds is 12. The molecular formula is C19H30N4O7. The van der Waals surface area contributed by atoms with Crippen LogP contribution in [0.2, 0.25) is 0 Å². The zero-order valence-corrected chi connectivity index (χ0v) is 17.8. The van der Waals surface area contributed by atoms with Crippen LogP contribution in [-0.4, -0.2) is 55.9 Å². The number of amides is 2. The summed E-state index contributed by atoms with van der Waals surface area (Å²) in [5, 5.41) is 17.1. The molecule has 0 atom stereocenters. The maximum atomic E-state index is 11.6. The van der Waals surface area contributed by atoms with E-state index in [1.807, 2.05) is 20.8 Å². The average Bonchev–Trinajstić information content (AvgIpc) is 2.63. The number of nitro benzene ring substituents is 1. The van der Waals surface area contributed by atoms with Crippen LogP contribution >= 0.6 is 0 Å². The number of anilines is 1. The standard InChI is InChI=1S/C19H30N4O7/c1-19(2,3)22-18(25)30-9-5-7-21-16-14(23(26)27)11-13(17(20)24)12-15(16)29-10-6-8-28-4/h11-12,21H,5-10H2,1-4H3,(H2,20,24)(H,22,25). The molecule has 0 saturated heterocycles. The highest BCUT2D eigenvalue weighted by atomic mass is 16.6. The van der Waals surface area contributed by atoms with Crippen molar-refractivity contribution in [2.45, 2.75) is 39.2 Å². The molecule has 0 aliphatic heterocycles. The minimum Gasteiger partial charge on any atom is -0.491 e. The highest BCUT2D eigenvalue weighted by Crippen LogP contribution is 2.36. The quantitative estimate of drug-likeness (QED) is 0.261. The molecule has 11 nitrogen and oxygen atoms in total. The topological polar surface area (TPSA) is 155 Å². The first kappa shape index (κ1) is 25.0. The first-order chi connectivity index (χ1) is 14.0. The van der Waals surface area contributed by atoms with Crippen molar-refractivity contribution in [1.29, 1.82) is 0 Å². The minimum atomic E-state index is -0.801. The maximum Gasteiger partial charge on any atom is 0.407 e. The second kappa shape index (κ2) is 11.8. The van der Waals surface area contributed by atoms with Crippen LogP contribution in [0, 0.1) is 10.1 Å². The Hall–Kier alpha value is -3.08. The second-order valence-electron chi connectivity index (χ2n) is 7.48. The van der Waals surface area contributed by atoms with Gasteiger partial charge >= 0.3 is 6.09 Å². The molecule has 0 radical (unpaired) electrons. The third-order valence-electron chi connectivity index (χ3n) is 3.65. The van der Waals surface area contributed by atoms with E-state index in [0.717, 1.165) is 6.07 Å². The third kappa shape index (κ3) is 8.95. The van der Waals surface area contributed by atoms with Gasteiger partial charge in [-0.25, -0.2) is 4.79 Å². The molecule has 0 fully saturated rings. The fourth-order valence-electron chi connectivity index (χ4n) is 2.36. The Labute approximate surface area is 175 Å². The summed E-state index contributed by atoms with van der Waals surface area (Å²) in [6.45, 7) is 6.57. The second-order valence-corrected chi connectivity index (χ2v) is 7.48. The fraction of sp³-hybridized carbons (Fsp3) is 0.579. The minimum absolute atomic E-state index is 0.0313. The van der Waals surface area contributed by atoms with E-state index in [9.17, 15) is 19.7 Å². The lowest BCUT2D eigenvalue weighted by atomic mass is 10.1. The van der Waals surface area contributed by atoms with Gasteiger partial charge in [-0.05, 0) is 33.3 Å². The Morgan fingerprint density at radius 3 is 2.43 bits per heavy atom. The summed E-state index contributed by atoms with van der Waals surface area (Å²) in [4.78, 5) is 34.0. The van der Waals surface area contributed by atoms with Gasteiger partial charge in [0.2, 0.25) is 5.91 Å². The summed E-state index contributed by atoms with van der Waals surface area (Å²) in [7, 11) is 1.55. The number of hydrogen-bond donors (Lipinski definition) is 3. The summed E-state index contributed by atoms with van der Waals surface area (Å²) >= 11 is 0. The number of carbonyl (C=O) groups is 2. The Morgan fingerprint density at radius 1 is 1.17 bits per heavy atom. The maximum absolute atomic E-state index is 11.6. The Kier molecular flexibility index (Phi) is 9.82. The van der Waals surface area contributed by atoms with Crippen LogP contribution in [0.4, 0.5) is 16.2 Å². The number of nitrogens with two attached hydrogens (primary N) is 1. The molecular weight excluding hydrogens is 396 g/mol. The molecule has 4 N–H and O–H groups in total. The first-order valence-electron chi connectivity index (χ1n) is 9.48. The van der Waals surface area contributed by atoms with Gasteiger partial charge in [0, 0.05) is 43.9 Å². The Morgan fingerprint density at radius 2 is 1.87 bits per heavy atom. The number of hydrogen-bond acceptors (Lipinski definition) is 8. The molecule has 0 aromatic heterocycles. The van der Waals surface area contributed by atoms with Gasteiger partial charge in [-0.1, -0.05) is 0 Å². The van der Waals surface area contributed by atoms with Gasteiger partial charge in [0.05, 0.1) is 18.1 Å². The molecule has 1 aromatic carbocycles. The van der Waals surface area contributed by atoms with E-state index in [4.69, 9.17) is 19.9 Å². The average molecular weight is 426 g/mol. The van der Waals surface area contributed by atoms with Gasteiger partial charge in [-0.3, -0.25) is 14.9 Å². The number of benzene rings is 1. The van der Waals surface area contributed by atoms with Crippen LogP contribution in [-0.2, 0) is 9.47 Å². The molecule has 0 saturated carbocycles. The molecule has 0 aliphatic carbocycles. The van der Waals surface area contributed by atoms with E-state index in [1.165, 1.54) is 6.07 Å². The van der Waals surface area contributed by atoms with Crippen LogP contribution < -0.4 is 21.1 Å². The van der Waals surface area contributed by atoms with Crippen LogP contribution in [0.5, 0.6) is 5.75 Å². The lowest BCUT2D eigenvalue weighted by Crippen LogP contribution is -2.41. The third-order valence-corrected chi connectivity index (χ3v) is 3.65. The van der Waals surface area contributed by atoms with Gasteiger partial charge in [-0.2, -0.15) is 0 Å². The number of ether oxygens (including phenoxy) is 3. The van der Waals surface area contributed by atoms with Crippen molar-refractivity contribution in [1.82, 2.24) is 5.32 Å². The summed E-state index contributed by atoms with van der Waals surface area (Å²) < 4.78 is 15.6. The van der Waals surface area contributed by atoms with Gasteiger partial charge in [-0.15, -0.1) is 0 Å². The van der Waals surface area contributed by atoms with Crippen molar-refractivity contribution >= 4 is 23.4 Å². The molecule has 11 heteroatoms. The van der Waals surface area contributed by atoms with Crippen LogP contribution in [0.3, 0.4) is 0 Å². The lowest BCUT2D eigenvalue weighted by molar-refractivity contribution is -0.384. The SMILES string of the molecule is COCCCOc1cc(C(N)=O)cc([N+](=O)[O-])c1NCCCOC(=O)NC(C)(C)C. The smallest absolute Gasteiger partial charge is 0.407 e. The first-order valence-corrected chi connectivity index (χ1v) is 9.48. The van der Waals surface area contributed by atoms with Crippen molar-refractivity contribution in [2.24, 2.45) is 5.73 Å². The normalized spacial score (nSPS) is 10.9. The Bertz CT molecular complexity index is 747. The molecule has 0 bridgehead atoms. The van der Waals surface area contributed by atoms with Gasteiger partial charge in [0.1, 0.15) is 5.75 Å². The highest BCUT2D eigenvalue weighted by molar-refractivity contribution is 5.95. The summed E-state index contributed by atoms with van der Waals surface area (Å²) in [6.07, 6.45) is 0.415. The molecule has 0 heterocycles. The van der Waals surface area contributed by atoms with E-state index in [1.54, 1.807) is 7.11 Å². The van der Waals surface area contributed by atoms with Crippen LogP contribution in [0.15, 0.2) is 12.1 Å². The molecule has 0 unspecified atom stereocenters. The molecule has 2 amide bonds. The van der Waals surface area contributed by atoms with Gasteiger partial charge in [0.25, 0.3) is 5.69 Å². The summed E-state index contributed by atoms with van der Waals surface area (Å²) in [5.41, 5.74) is 4.63. The highest BCUT2D eigenvalue weighted by Gasteiger charge is 2.22.